The van der Waals surface area contributed by atoms with E-state index < -0.39 is 11.7 Å². The number of nitrogens with zero attached hydrogens (tertiary/aromatic N) is 4. The van der Waals surface area contributed by atoms with E-state index in [1.54, 1.807) is 38.9 Å². The minimum absolute atomic E-state index is 0.191. The molecular weight excluding hydrogens is 628 g/mol. The van der Waals surface area contributed by atoms with Crippen LogP contribution in [0, 0.1) is 13.8 Å². The average Bonchev–Trinajstić information content (AvgIpc) is 3.29. The molecule has 0 radical (unpaired) electrons. The predicted molar refractivity (Wildman–Crippen MR) is 158 cm³/mol. The number of aromatic hydroxyl groups is 2. The Bertz CT molecular complexity index is 1730. The summed E-state index contributed by atoms with van der Waals surface area (Å²) < 4.78 is 7.08. The van der Waals surface area contributed by atoms with Crippen molar-refractivity contribution in [2.24, 2.45) is 14.1 Å². The maximum absolute atomic E-state index is 14.2. The van der Waals surface area contributed by atoms with Crippen molar-refractivity contribution >= 4 is 31.9 Å². The third kappa shape index (κ3) is 4.18. The SMILES string of the molecule is Cc1c(C(c2cc(Br)c(O)c(O)c2Br)c2c(C)n(C)n(-c3ccccc3)c2=O)c(=O)n(-c2ccccc2)n1C. The highest BCUT2D eigenvalue weighted by Crippen LogP contribution is 2.47. The van der Waals surface area contributed by atoms with E-state index >= 15 is 0 Å². The number of halogens is 2. The molecule has 2 N–H and O–H groups in total. The fraction of sp³-hybridized carbons (Fsp3) is 0.172. The quantitative estimate of drug-likeness (QED) is 0.249. The lowest BCUT2D eigenvalue weighted by molar-refractivity contribution is 0.398. The van der Waals surface area contributed by atoms with Crippen LogP contribution < -0.4 is 11.1 Å². The zero-order chi connectivity index (χ0) is 28.2. The number of rotatable bonds is 5. The molecule has 0 amide bonds. The van der Waals surface area contributed by atoms with Crippen molar-refractivity contribution in [2.45, 2.75) is 19.8 Å². The van der Waals surface area contributed by atoms with Crippen LogP contribution in [0.15, 0.2) is 85.3 Å². The highest BCUT2D eigenvalue weighted by Gasteiger charge is 2.35. The first-order chi connectivity index (χ1) is 18.6. The van der Waals surface area contributed by atoms with Gasteiger partial charge in [0.25, 0.3) is 11.1 Å². The van der Waals surface area contributed by atoms with Crippen molar-refractivity contribution in [1.82, 2.24) is 18.7 Å². The molecule has 5 rings (SSSR count). The summed E-state index contributed by atoms with van der Waals surface area (Å²) in [5.74, 6) is -1.62. The molecule has 3 aromatic carbocycles. The fourth-order valence-corrected chi connectivity index (χ4v) is 6.10. The molecule has 2 aromatic heterocycles. The topological polar surface area (TPSA) is 94.3 Å². The number of aromatic nitrogens is 4. The van der Waals surface area contributed by atoms with Gasteiger partial charge in [0.15, 0.2) is 11.5 Å². The van der Waals surface area contributed by atoms with Gasteiger partial charge in [-0.1, -0.05) is 36.4 Å². The summed E-state index contributed by atoms with van der Waals surface area (Å²) >= 11 is 6.76. The molecule has 0 spiro atoms. The molecule has 0 saturated carbocycles. The zero-order valence-electron chi connectivity index (χ0n) is 21.7. The van der Waals surface area contributed by atoms with Crippen molar-refractivity contribution in [2.75, 3.05) is 0 Å². The van der Waals surface area contributed by atoms with E-state index in [-0.39, 0.29) is 25.8 Å². The van der Waals surface area contributed by atoms with E-state index in [0.29, 0.717) is 39.5 Å². The van der Waals surface area contributed by atoms with Crippen molar-refractivity contribution in [3.05, 3.63) is 124 Å². The Hall–Kier alpha value is -3.76. The molecule has 5 aromatic rings. The van der Waals surface area contributed by atoms with Crippen LogP contribution in [0.1, 0.15) is 34.0 Å². The number of hydrogen-bond acceptors (Lipinski definition) is 4. The van der Waals surface area contributed by atoms with Gasteiger partial charge in [-0.05, 0) is 81.6 Å². The van der Waals surface area contributed by atoms with Crippen LogP contribution in [-0.4, -0.2) is 28.9 Å². The van der Waals surface area contributed by atoms with E-state index in [2.05, 4.69) is 31.9 Å². The molecular formula is C29H26Br2N4O4. The molecule has 8 nitrogen and oxygen atoms in total. The molecule has 39 heavy (non-hydrogen) atoms. The summed E-state index contributed by atoms with van der Waals surface area (Å²) in [4.78, 5) is 28.4. The highest BCUT2D eigenvalue weighted by atomic mass is 79.9. The molecule has 200 valence electrons. The first-order valence-electron chi connectivity index (χ1n) is 12.1. The first kappa shape index (κ1) is 26.8. The Balaban J connectivity index is 1.91. The number of para-hydroxylation sites is 2. The lowest BCUT2D eigenvalue weighted by Crippen LogP contribution is -2.26. The maximum Gasteiger partial charge on any atom is 0.275 e. The van der Waals surface area contributed by atoms with E-state index in [1.807, 2.05) is 74.5 Å². The standard InChI is InChI=1S/C29H26Br2N4O4/c1-16-22(28(38)34(32(16)3)18-11-7-5-8-12-18)24(20-15-21(30)26(36)27(37)25(20)31)23-17(2)33(4)35(29(23)39)19-13-9-6-10-14-19/h5-15,24,36-37H,1-4H3. The minimum Gasteiger partial charge on any atom is -0.503 e. The lowest BCUT2D eigenvalue weighted by atomic mass is 9.85. The van der Waals surface area contributed by atoms with Gasteiger partial charge in [-0.3, -0.25) is 19.0 Å². The van der Waals surface area contributed by atoms with Crippen molar-refractivity contribution in [3.63, 3.8) is 0 Å². The molecule has 0 aliphatic heterocycles. The van der Waals surface area contributed by atoms with Gasteiger partial charge in [0, 0.05) is 31.4 Å². The number of benzene rings is 3. The lowest BCUT2D eigenvalue weighted by Gasteiger charge is -2.19. The zero-order valence-corrected chi connectivity index (χ0v) is 24.9. The molecule has 0 bridgehead atoms. The molecule has 10 heteroatoms. The average molecular weight is 654 g/mol. The van der Waals surface area contributed by atoms with Gasteiger partial charge >= 0.3 is 0 Å². The van der Waals surface area contributed by atoms with Gasteiger partial charge in [0.05, 0.1) is 31.4 Å². The van der Waals surface area contributed by atoms with Gasteiger partial charge in [-0.2, -0.15) is 0 Å². The Morgan fingerprint density at radius 1 is 0.692 bits per heavy atom. The Labute approximate surface area is 241 Å². The molecule has 0 fully saturated rings. The second-order valence-corrected chi connectivity index (χ2v) is 11.0. The van der Waals surface area contributed by atoms with Crippen LogP contribution in [0.2, 0.25) is 0 Å². The summed E-state index contributed by atoms with van der Waals surface area (Å²) in [6.45, 7) is 3.67. The van der Waals surface area contributed by atoms with Crippen molar-refractivity contribution in [1.29, 1.82) is 0 Å². The van der Waals surface area contributed by atoms with Gasteiger partial charge in [-0.15, -0.1) is 0 Å². The normalized spacial score (nSPS) is 11.5. The fourth-order valence-electron chi connectivity index (χ4n) is 5.13. The smallest absolute Gasteiger partial charge is 0.275 e. The highest BCUT2D eigenvalue weighted by molar-refractivity contribution is 9.11. The van der Waals surface area contributed by atoms with Crippen LogP contribution in [0.3, 0.4) is 0 Å². The van der Waals surface area contributed by atoms with Crippen LogP contribution >= 0.6 is 31.9 Å². The second-order valence-electron chi connectivity index (χ2n) is 9.34. The Kier molecular flexibility index (Phi) is 6.94. The third-order valence-corrected chi connectivity index (χ3v) is 8.72. The van der Waals surface area contributed by atoms with Gasteiger partial charge in [0.1, 0.15) is 0 Å². The van der Waals surface area contributed by atoms with Crippen LogP contribution in [0.5, 0.6) is 11.5 Å². The third-order valence-electron chi connectivity index (χ3n) is 7.28. The van der Waals surface area contributed by atoms with Crippen molar-refractivity contribution < 1.29 is 10.2 Å². The molecule has 2 heterocycles. The van der Waals surface area contributed by atoms with E-state index in [4.69, 9.17) is 0 Å². The Morgan fingerprint density at radius 2 is 1.10 bits per heavy atom. The van der Waals surface area contributed by atoms with Gasteiger partial charge in [-0.25, -0.2) is 9.36 Å². The molecule has 0 unspecified atom stereocenters. The largest absolute Gasteiger partial charge is 0.503 e. The predicted octanol–water partition coefficient (Wildman–Crippen LogP) is 5.40. The van der Waals surface area contributed by atoms with Crippen LogP contribution in [-0.2, 0) is 14.1 Å². The van der Waals surface area contributed by atoms with Crippen LogP contribution in [0.25, 0.3) is 11.4 Å². The molecule has 0 aliphatic rings. The van der Waals surface area contributed by atoms with Crippen LogP contribution in [0.4, 0.5) is 0 Å². The second kappa shape index (κ2) is 10.1. The minimum atomic E-state index is -0.880. The summed E-state index contributed by atoms with van der Waals surface area (Å²) in [5, 5.41) is 21.1. The van der Waals surface area contributed by atoms with E-state index in [1.165, 1.54) is 0 Å². The molecule has 0 aliphatic carbocycles. The summed E-state index contributed by atoms with van der Waals surface area (Å²) in [6.07, 6.45) is 0. The van der Waals surface area contributed by atoms with Gasteiger partial charge in [0.2, 0.25) is 0 Å². The first-order valence-corrected chi connectivity index (χ1v) is 13.7. The molecule has 0 saturated heterocycles. The number of hydrogen-bond donors (Lipinski definition) is 2. The summed E-state index contributed by atoms with van der Waals surface area (Å²) in [5.41, 5.74) is 3.28. The number of phenolic OH excluding ortho intramolecular Hbond substituents is 2. The van der Waals surface area contributed by atoms with E-state index in [9.17, 15) is 19.8 Å². The van der Waals surface area contributed by atoms with Gasteiger partial charge < -0.3 is 10.2 Å². The molecule has 0 atom stereocenters. The number of phenols is 2. The maximum atomic E-state index is 14.2. The summed E-state index contributed by atoms with van der Waals surface area (Å²) in [6, 6.07) is 20.2. The van der Waals surface area contributed by atoms with Crippen molar-refractivity contribution in [3.8, 4) is 22.9 Å². The monoisotopic (exact) mass is 652 g/mol. The van der Waals surface area contributed by atoms with E-state index in [0.717, 1.165) is 0 Å². The summed E-state index contributed by atoms with van der Waals surface area (Å²) in [7, 11) is 3.59. The Morgan fingerprint density at radius 3 is 1.51 bits per heavy atom.